The van der Waals surface area contributed by atoms with Gasteiger partial charge in [0.25, 0.3) is 0 Å². The van der Waals surface area contributed by atoms with Gasteiger partial charge in [-0.05, 0) is 39.8 Å². The van der Waals surface area contributed by atoms with Crippen molar-refractivity contribution in [3.63, 3.8) is 0 Å². The molecule has 0 aliphatic carbocycles. The van der Waals surface area contributed by atoms with Crippen LogP contribution in [0.3, 0.4) is 0 Å². The van der Waals surface area contributed by atoms with Crippen LogP contribution >= 0.6 is 0 Å². The van der Waals surface area contributed by atoms with Crippen molar-refractivity contribution in [2.75, 3.05) is 20.1 Å². The topological polar surface area (TPSA) is 23.5 Å². The molecule has 2 heteroatoms. The van der Waals surface area contributed by atoms with E-state index in [1.807, 2.05) is 0 Å². The maximum absolute atomic E-state index is 8.06. The molecule has 0 spiro atoms. The molecule has 1 rings (SSSR count). The minimum atomic E-state index is -0.167. The van der Waals surface area contributed by atoms with E-state index in [0.717, 1.165) is 5.92 Å². The number of hydrogen-bond donors (Lipinski definition) is 1. The molecule has 1 unspecified atom stereocenters. The quantitative estimate of drug-likeness (QED) is 0.576. The van der Waals surface area contributed by atoms with E-state index in [9.17, 15) is 0 Å². The van der Waals surface area contributed by atoms with Gasteiger partial charge in [0.1, 0.15) is 0 Å². The van der Waals surface area contributed by atoms with Crippen molar-refractivity contribution in [2.24, 2.45) is 5.92 Å². The first-order valence-corrected chi connectivity index (χ1v) is 4.39. The third-order valence-electron chi connectivity index (χ3n) is 1.63. The minimum Gasteiger partial charge on any atom is -0.394 e. The number of rotatable bonds is 0. The minimum absolute atomic E-state index is 0.167. The first-order valence-electron chi connectivity index (χ1n) is 4.39. The Morgan fingerprint density at radius 1 is 1.45 bits per heavy atom. The lowest BCUT2D eigenvalue weighted by atomic mass is 10.2. The highest BCUT2D eigenvalue weighted by Gasteiger charge is 2.13. The number of hydrogen-bond acceptors (Lipinski definition) is 2. The molecule has 1 aliphatic heterocycles. The van der Waals surface area contributed by atoms with Crippen LogP contribution in [0, 0.1) is 5.92 Å². The van der Waals surface area contributed by atoms with Crippen molar-refractivity contribution in [1.82, 2.24) is 4.90 Å². The average molecular weight is 159 g/mol. The third kappa shape index (κ3) is 7.82. The van der Waals surface area contributed by atoms with Crippen LogP contribution in [0.5, 0.6) is 0 Å². The second kappa shape index (κ2) is 5.56. The molecule has 1 aliphatic rings. The lowest BCUT2D eigenvalue weighted by Gasteiger charge is -2.03. The van der Waals surface area contributed by atoms with Gasteiger partial charge in [0, 0.05) is 12.6 Å². The molecule has 11 heavy (non-hydrogen) atoms. The van der Waals surface area contributed by atoms with Gasteiger partial charge >= 0.3 is 0 Å². The van der Waals surface area contributed by atoms with E-state index in [1.54, 1.807) is 13.8 Å². The second-order valence-corrected chi connectivity index (χ2v) is 3.75. The lowest BCUT2D eigenvalue weighted by molar-refractivity contribution is 0.216. The van der Waals surface area contributed by atoms with E-state index in [4.69, 9.17) is 5.11 Å². The molecule has 0 saturated carbocycles. The predicted molar refractivity (Wildman–Crippen MR) is 48.6 cm³/mol. The van der Waals surface area contributed by atoms with Gasteiger partial charge in [-0.15, -0.1) is 0 Å². The highest BCUT2D eigenvalue weighted by atomic mass is 16.3. The summed E-state index contributed by atoms with van der Waals surface area (Å²) >= 11 is 0. The van der Waals surface area contributed by atoms with Crippen molar-refractivity contribution in [1.29, 1.82) is 0 Å². The molecule has 1 saturated heterocycles. The molecule has 0 radical (unpaired) electrons. The maximum atomic E-state index is 8.06. The third-order valence-corrected chi connectivity index (χ3v) is 1.63. The van der Waals surface area contributed by atoms with E-state index in [-0.39, 0.29) is 6.10 Å². The molecular formula is C9H21NO. The average Bonchev–Trinajstić information content (AvgIpc) is 2.13. The van der Waals surface area contributed by atoms with Crippen molar-refractivity contribution >= 4 is 0 Å². The summed E-state index contributed by atoms with van der Waals surface area (Å²) < 4.78 is 0. The smallest absolute Gasteiger partial charge is 0.0483 e. The molecule has 0 aromatic rings. The van der Waals surface area contributed by atoms with Crippen molar-refractivity contribution in [2.45, 2.75) is 33.3 Å². The fourth-order valence-electron chi connectivity index (χ4n) is 1.16. The largest absolute Gasteiger partial charge is 0.394 e. The number of aliphatic hydroxyl groups is 1. The summed E-state index contributed by atoms with van der Waals surface area (Å²) in [5, 5.41) is 8.06. The fourth-order valence-corrected chi connectivity index (χ4v) is 1.16. The molecular weight excluding hydrogens is 138 g/mol. The second-order valence-electron chi connectivity index (χ2n) is 3.75. The summed E-state index contributed by atoms with van der Waals surface area (Å²) in [6.07, 6.45) is 1.23. The van der Waals surface area contributed by atoms with Crippen LogP contribution in [0.25, 0.3) is 0 Å². The summed E-state index contributed by atoms with van der Waals surface area (Å²) in [7, 11) is 2.18. The van der Waals surface area contributed by atoms with Gasteiger partial charge in [0.15, 0.2) is 0 Å². The zero-order chi connectivity index (χ0) is 8.85. The Bertz CT molecular complexity index is 82.8. The van der Waals surface area contributed by atoms with Crippen LogP contribution in [-0.2, 0) is 0 Å². The summed E-state index contributed by atoms with van der Waals surface area (Å²) in [6.45, 7) is 8.37. The Hall–Kier alpha value is -0.0800. The van der Waals surface area contributed by atoms with Crippen LogP contribution in [-0.4, -0.2) is 36.2 Å². The Balaban J connectivity index is 0.000000218. The number of likely N-dealkylation sites (tertiary alicyclic amines) is 1. The monoisotopic (exact) mass is 159 g/mol. The molecule has 2 nitrogen and oxygen atoms in total. The maximum Gasteiger partial charge on any atom is 0.0483 e. The highest BCUT2D eigenvalue weighted by molar-refractivity contribution is 4.67. The number of nitrogens with zero attached hydrogens (tertiary/aromatic N) is 1. The van der Waals surface area contributed by atoms with E-state index in [0.29, 0.717) is 0 Å². The lowest BCUT2D eigenvalue weighted by Crippen LogP contribution is -2.12. The summed E-state index contributed by atoms with van der Waals surface area (Å²) in [5.74, 6) is 0.949. The van der Waals surface area contributed by atoms with Gasteiger partial charge in [0.2, 0.25) is 0 Å². The van der Waals surface area contributed by atoms with Crippen LogP contribution in [0.1, 0.15) is 27.2 Å². The fraction of sp³-hybridized carbons (Fsp3) is 1.00. The van der Waals surface area contributed by atoms with Crippen LogP contribution < -0.4 is 0 Å². The van der Waals surface area contributed by atoms with Gasteiger partial charge in [-0.1, -0.05) is 6.92 Å². The number of aliphatic hydroxyl groups excluding tert-OH is 1. The Kier molecular flexibility index (Phi) is 5.51. The standard InChI is InChI=1S/C6H13N.C3H8O/c1-6-3-4-7(2)5-6;1-3(2)4/h6H,3-5H2,1-2H3;3-4H,1-2H3. The summed E-state index contributed by atoms with van der Waals surface area (Å²) in [6, 6.07) is 0. The Morgan fingerprint density at radius 2 is 1.91 bits per heavy atom. The van der Waals surface area contributed by atoms with Crippen LogP contribution in [0.15, 0.2) is 0 Å². The van der Waals surface area contributed by atoms with E-state index >= 15 is 0 Å². The van der Waals surface area contributed by atoms with E-state index in [2.05, 4.69) is 18.9 Å². The van der Waals surface area contributed by atoms with E-state index in [1.165, 1.54) is 19.5 Å². The summed E-state index contributed by atoms with van der Waals surface area (Å²) in [5.41, 5.74) is 0. The van der Waals surface area contributed by atoms with Gasteiger partial charge in [0.05, 0.1) is 0 Å². The summed E-state index contributed by atoms with van der Waals surface area (Å²) in [4.78, 5) is 2.38. The molecule has 1 fully saturated rings. The van der Waals surface area contributed by atoms with Gasteiger partial charge in [-0.3, -0.25) is 0 Å². The van der Waals surface area contributed by atoms with Gasteiger partial charge in [-0.2, -0.15) is 0 Å². The Morgan fingerprint density at radius 3 is 2.00 bits per heavy atom. The zero-order valence-electron chi connectivity index (χ0n) is 8.17. The molecule has 68 valence electrons. The van der Waals surface area contributed by atoms with Crippen molar-refractivity contribution in [3.05, 3.63) is 0 Å². The molecule has 1 heterocycles. The van der Waals surface area contributed by atoms with Gasteiger partial charge in [-0.25, -0.2) is 0 Å². The van der Waals surface area contributed by atoms with Gasteiger partial charge < -0.3 is 10.0 Å². The zero-order valence-corrected chi connectivity index (χ0v) is 8.17. The molecule has 0 bridgehead atoms. The first kappa shape index (κ1) is 10.9. The molecule has 0 amide bonds. The SMILES string of the molecule is CC(C)O.CC1CCN(C)C1. The predicted octanol–water partition coefficient (Wildman–Crippen LogP) is 1.35. The van der Waals surface area contributed by atoms with Crippen LogP contribution in [0.2, 0.25) is 0 Å². The van der Waals surface area contributed by atoms with Crippen molar-refractivity contribution in [3.8, 4) is 0 Å². The molecule has 1 atom stereocenters. The molecule has 0 aromatic carbocycles. The van der Waals surface area contributed by atoms with Crippen molar-refractivity contribution < 1.29 is 5.11 Å². The molecule has 0 aromatic heterocycles. The Labute approximate surface area is 70.2 Å². The molecule has 1 N–H and O–H groups in total. The highest BCUT2D eigenvalue weighted by Crippen LogP contribution is 2.11. The normalized spacial score (nSPS) is 25.1. The first-order chi connectivity index (χ1) is 5.02. The van der Waals surface area contributed by atoms with E-state index < -0.39 is 0 Å². The van der Waals surface area contributed by atoms with Crippen LogP contribution in [0.4, 0.5) is 0 Å².